The van der Waals surface area contributed by atoms with Crippen LogP contribution in [0.15, 0.2) is 70.6 Å². The Balaban J connectivity index is 1.76. The third kappa shape index (κ3) is 4.45. The fraction of sp³-hybridized carbons (Fsp3) is 0.150. The van der Waals surface area contributed by atoms with Crippen molar-refractivity contribution in [3.05, 3.63) is 93.4 Å². The molecular weight excluding hydrogens is 332 g/mol. The highest BCUT2D eigenvalue weighted by atomic mass is 32.2. The van der Waals surface area contributed by atoms with Crippen molar-refractivity contribution in [3.8, 4) is 0 Å². The molecule has 0 saturated carbocycles. The first kappa shape index (κ1) is 17.2. The molecule has 2 aromatic carbocycles. The Morgan fingerprint density at radius 3 is 2.36 bits per heavy atom. The summed E-state index contributed by atoms with van der Waals surface area (Å²) in [6.07, 6.45) is 0.594. The van der Waals surface area contributed by atoms with Gasteiger partial charge in [0.1, 0.15) is 0 Å². The summed E-state index contributed by atoms with van der Waals surface area (Å²) in [4.78, 5) is 31.7. The number of thioether (sulfide) groups is 1. The lowest BCUT2D eigenvalue weighted by Gasteiger charge is -2.07. The number of aromatic nitrogens is 2. The second kappa shape index (κ2) is 7.94. The fourth-order valence-electron chi connectivity index (χ4n) is 2.43. The number of ketones is 1. The van der Waals surface area contributed by atoms with E-state index in [0.717, 1.165) is 11.3 Å². The Morgan fingerprint density at radius 1 is 1.04 bits per heavy atom. The van der Waals surface area contributed by atoms with E-state index in [1.54, 1.807) is 19.1 Å². The SMILES string of the molecule is Cc1c(Cc2ccccc2)nc(SCC(=O)c2ccccc2)[nH]c1=O. The lowest BCUT2D eigenvalue weighted by atomic mass is 10.1. The predicted molar refractivity (Wildman–Crippen MR) is 100 cm³/mol. The maximum Gasteiger partial charge on any atom is 0.254 e. The molecule has 0 fully saturated rings. The first-order valence-corrected chi connectivity index (χ1v) is 8.97. The van der Waals surface area contributed by atoms with Gasteiger partial charge in [-0.05, 0) is 12.5 Å². The van der Waals surface area contributed by atoms with Crippen molar-refractivity contribution in [2.24, 2.45) is 0 Å². The minimum absolute atomic E-state index is 0.0124. The zero-order valence-corrected chi connectivity index (χ0v) is 14.7. The minimum atomic E-state index is -0.157. The Labute approximate surface area is 150 Å². The number of H-pyrrole nitrogens is 1. The molecule has 0 spiro atoms. The Hall–Kier alpha value is -2.66. The summed E-state index contributed by atoms with van der Waals surface area (Å²) in [5, 5.41) is 0.478. The molecule has 0 saturated heterocycles. The Morgan fingerprint density at radius 2 is 1.68 bits per heavy atom. The van der Waals surface area contributed by atoms with Crippen LogP contribution in [0.5, 0.6) is 0 Å². The number of Topliss-reactive ketones (excluding diaryl/α,β-unsaturated/α-hetero) is 1. The zero-order valence-electron chi connectivity index (χ0n) is 13.9. The lowest BCUT2D eigenvalue weighted by Crippen LogP contribution is -2.16. The summed E-state index contributed by atoms with van der Waals surface area (Å²) in [6.45, 7) is 1.77. The van der Waals surface area contributed by atoms with E-state index in [2.05, 4.69) is 9.97 Å². The average Bonchev–Trinajstić information content (AvgIpc) is 2.65. The third-order valence-electron chi connectivity index (χ3n) is 3.88. The van der Waals surface area contributed by atoms with E-state index in [-0.39, 0.29) is 17.1 Å². The molecule has 5 heteroatoms. The van der Waals surface area contributed by atoms with E-state index in [0.29, 0.717) is 22.7 Å². The topological polar surface area (TPSA) is 62.8 Å². The van der Waals surface area contributed by atoms with Crippen LogP contribution in [-0.2, 0) is 6.42 Å². The smallest absolute Gasteiger partial charge is 0.254 e. The van der Waals surface area contributed by atoms with Crippen LogP contribution in [0.1, 0.15) is 27.2 Å². The highest BCUT2D eigenvalue weighted by molar-refractivity contribution is 7.99. The molecule has 0 amide bonds. The van der Waals surface area contributed by atoms with E-state index in [9.17, 15) is 9.59 Å². The maximum absolute atomic E-state index is 12.2. The lowest BCUT2D eigenvalue weighted by molar-refractivity contribution is 0.102. The van der Waals surface area contributed by atoms with Gasteiger partial charge >= 0.3 is 0 Å². The molecule has 1 aromatic heterocycles. The second-order valence-electron chi connectivity index (χ2n) is 5.68. The van der Waals surface area contributed by atoms with Crippen LogP contribution < -0.4 is 5.56 Å². The van der Waals surface area contributed by atoms with Crippen molar-refractivity contribution in [2.45, 2.75) is 18.5 Å². The summed E-state index contributed by atoms with van der Waals surface area (Å²) < 4.78 is 0. The van der Waals surface area contributed by atoms with E-state index >= 15 is 0 Å². The van der Waals surface area contributed by atoms with Gasteiger partial charge in [0.15, 0.2) is 10.9 Å². The second-order valence-corrected chi connectivity index (χ2v) is 6.65. The summed E-state index contributed by atoms with van der Waals surface area (Å²) in [5.41, 5.74) is 2.96. The van der Waals surface area contributed by atoms with Crippen LogP contribution in [0.25, 0.3) is 0 Å². The van der Waals surface area contributed by atoms with Crippen LogP contribution in [0.3, 0.4) is 0 Å². The number of rotatable bonds is 6. The van der Waals surface area contributed by atoms with Gasteiger partial charge in [-0.15, -0.1) is 0 Å². The van der Waals surface area contributed by atoms with Gasteiger partial charge in [0.05, 0.1) is 11.4 Å². The normalized spacial score (nSPS) is 10.6. The van der Waals surface area contributed by atoms with Gasteiger partial charge in [0.2, 0.25) is 0 Å². The van der Waals surface area contributed by atoms with Crippen LogP contribution >= 0.6 is 11.8 Å². The maximum atomic E-state index is 12.2. The molecule has 0 atom stereocenters. The summed E-state index contributed by atoms with van der Waals surface area (Å²) in [5.74, 6) is 0.249. The average molecular weight is 350 g/mol. The van der Waals surface area contributed by atoms with E-state index in [4.69, 9.17) is 0 Å². The highest BCUT2D eigenvalue weighted by Crippen LogP contribution is 2.17. The number of aromatic amines is 1. The van der Waals surface area contributed by atoms with Crippen molar-refractivity contribution in [2.75, 3.05) is 5.75 Å². The molecule has 3 rings (SSSR count). The Bertz CT molecular complexity index is 921. The quantitative estimate of drug-likeness (QED) is 0.419. The molecule has 0 aliphatic heterocycles. The van der Waals surface area contributed by atoms with Crippen LogP contribution in [-0.4, -0.2) is 21.5 Å². The number of hydrogen-bond donors (Lipinski definition) is 1. The molecule has 0 radical (unpaired) electrons. The van der Waals surface area contributed by atoms with Gasteiger partial charge in [-0.25, -0.2) is 4.98 Å². The number of hydrogen-bond acceptors (Lipinski definition) is 4. The molecule has 0 bridgehead atoms. The van der Waals surface area contributed by atoms with Crippen LogP contribution in [0.2, 0.25) is 0 Å². The number of nitrogens with zero attached hydrogens (tertiary/aromatic N) is 1. The predicted octanol–water partition coefficient (Wildman–Crippen LogP) is 3.64. The minimum Gasteiger partial charge on any atom is -0.301 e. The molecule has 126 valence electrons. The van der Waals surface area contributed by atoms with Crippen molar-refractivity contribution in [3.63, 3.8) is 0 Å². The standard InChI is InChI=1S/C20H18N2O2S/c1-14-17(12-15-8-4-2-5-9-15)21-20(22-19(14)24)25-13-18(23)16-10-6-3-7-11-16/h2-11H,12-13H2,1H3,(H,21,22,24). The van der Waals surface area contributed by atoms with Crippen LogP contribution in [0, 0.1) is 6.92 Å². The number of nitrogens with one attached hydrogen (secondary N) is 1. The molecule has 25 heavy (non-hydrogen) atoms. The molecular formula is C20H18N2O2S. The number of carbonyl (C=O) groups excluding carboxylic acids is 1. The van der Waals surface area contributed by atoms with Gasteiger partial charge in [-0.1, -0.05) is 72.4 Å². The van der Waals surface area contributed by atoms with E-state index < -0.39 is 0 Å². The van der Waals surface area contributed by atoms with Crippen molar-refractivity contribution >= 4 is 17.5 Å². The zero-order chi connectivity index (χ0) is 17.6. The summed E-state index contributed by atoms with van der Waals surface area (Å²) >= 11 is 1.25. The monoisotopic (exact) mass is 350 g/mol. The van der Waals surface area contributed by atoms with E-state index in [1.807, 2.05) is 48.5 Å². The Kier molecular flexibility index (Phi) is 5.46. The molecule has 0 aliphatic rings. The van der Waals surface area contributed by atoms with Crippen molar-refractivity contribution < 1.29 is 4.79 Å². The van der Waals surface area contributed by atoms with Crippen molar-refractivity contribution in [1.82, 2.24) is 9.97 Å². The third-order valence-corrected chi connectivity index (χ3v) is 4.75. The highest BCUT2D eigenvalue weighted by Gasteiger charge is 2.11. The molecule has 1 N–H and O–H groups in total. The summed E-state index contributed by atoms with van der Waals surface area (Å²) in [6, 6.07) is 19.0. The van der Waals surface area contributed by atoms with Gasteiger partial charge in [0, 0.05) is 17.5 Å². The molecule has 1 heterocycles. The summed E-state index contributed by atoms with van der Waals surface area (Å²) in [7, 11) is 0. The van der Waals surface area contributed by atoms with Gasteiger partial charge in [-0.2, -0.15) is 0 Å². The first-order valence-electron chi connectivity index (χ1n) is 7.98. The van der Waals surface area contributed by atoms with Gasteiger partial charge < -0.3 is 4.98 Å². The first-order chi connectivity index (χ1) is 12.1. The molecule has 0 aliphatic carbocycles. The molecule has 3 aromatic rings. The van der Waals surface area contributed by atoms with Crippen molar-refractivity contribution in [1.29, 1.82) is 0 Å². The van der Waals surface area contributed by atoms with Crippen LogP contribution in [0.4, 0.5) is 0 Å². The molecule has 4 nitrogen and oxygen atoms in total. The van der Waals surface area contributed by atoms with Gasteiger partial charge in [-0.3, -0.25) is 9.59 Å². The fourth-order valence-corrected chi connectivity index (χ4v) is 3.20. The van der Waals surface area contributed by atoms with E-state index in [1.165, 1.54) is 11.8 Å². The molecule has 0 unspecified atom stereocenters. The van der Waals surface area contributed by atoms with Gasteiger partial charge in [0.25, 0.3) is 5.56 Å². The largest absolute Gasteiger partial charge is 0.301 e. The number of carbonyl (C=O) groups is 1. The number of benzene rings is 2.